The van der Waals surface area contributed by atoms with Crippen LogP contribution in [0.5, 0.6) is 0 Å². The van der Waals surface area contributed by atoms with Gasteiger partial charge in [0.2, 0.25) is 5.95 Å². The van der Waals surface area contributed by atoms with E-state index in [1.807, 2.05) is 27.0 Å². The molecule has 0 saturated carbocycles. The summed E-state index contributed by atoms with van der Waals surface area (Å²) in [7, 11) is 0. The molecule has 0 aliphatic carbocycles. The number of benzene rings is 1. The zero-order valence-corrected chi connectivity index (χ0v) is 18.0. The van der Waals surface area contributed by atoms with Gasteiger partial charge in [0.15, 0.2) is 0 Å². The van der Waals surface area contributed by atoms with Crippen molar-refractivity contribution >= 4 is 12.0 Å². The number of ether oxygens (including phenoxy) is 1. The Hall–Kier alpha value is -2.63. The maximum absolute atomic E-state index is 12.4. The third-order valence-corrected chi connectivity index (χ3v) is 5.05. The fourth-order valence-corrected chi connectivity index (χ4v) is 3.52. The summed E-state index contributed by atoms with van der Waals surface area (Å²) in [4.78, 5) is 23.3. The van der Waals surface area contributed by atoms with Crippen LogP contribution in [0, 0.1) is 0 Å². The Bertz CT molecular complexity index is 845. The average Bonchev–Trinajstić information content (AvgIpc) is 2.89. The van der Waals surface area contributed by atoms with Gasteiger partial charge in [0.05, 0.1) is 5.69 Å². The van der Waals surface area contributed by atoms with E-state index in [0.29, 0.717) is 25.5 Å². The lowest BCUT2D eigenvalue weighted by molar-refractivity contribution is 0.0258. The van der Waals surface area contributed by atoms with Gasteiger partial charge in [0.25, 0.3) is 0 Å². The molecule has 2 heterocycles. The van der Waals surface area contributed by atoms with Gasteiger partial charge in [-0.1, -0.05) is 31.2 Å². The number of fused-ring (bicyclic) bond motifs is 1. The Morgan fingerprint density at radius 1 is 1.17 bits per heavy atom. The van der Waals surface area contributed by atoms with Crippen LogP contribution in [0.2, 0.25) is 0 Å². The molecule has 0 bridgehead atoms. The number of amides is 1. The van der Waals surface area contributed by atoms with Crippen LogP contribution < -0.4 is 5.32 Å². The van der Waals surface area contributed by atoms with Gasteiger partial charge in [-0.3, -0.25) is 0 Å². The number of aromatic nitrogens is 2. The van der Waals surface area contributed by atoms with Crippen molar-refractivity contribution in [2.45, 2.75) is 59.0 Å². The van der Waals surface area contributed by atoms with Gasteiger partial charge < -0.3 is 15.0 Å². The number of nitrogens with one attached hydrogen (secondary N) is 1. The summed E-state index contributed by atoms with van der Waals surface area (Å²) in [6.45, 7) is 9.88. The van der Waals surface area contributed by atoms with Crippen LogP contribution in [0.15, 0.2) is 30.5 Å². The van der Waals surface area contributed by atoms with Crippen molar-refractivity contribution in [2.24, 2.45) is 0 Å². The topological polar surface area (TPSA) is 67.4 Å². The molecule has 1 aromatic carbocycles. The molecule has 0 atom stereocenters. The van der Waals surface area contributed by atoms with Crippen LogP contribution in [0.3, 0.4) is 0 Å². The van der Waals surface area contributed by atoms with Crippen molar-refractivity contribution < 1.29 is 9.53 Å². The Morgan fingerprint density at radius 3 is 2.62 bits per heavy atom. The van der Waals surface area contributed by atoms with Crippen molar-refractivity contribution in [1.82, 2.24) is 14.9 Å². The van der Waals surface area contributed by atoms with Gasteiger partial charge in [-0.05, 0) is 56.7 Å². The van der Waals surface area contributed by atoms with Crippen LogP contribution in [0.1, 0.15) is 50.1 Å². The lowest BCUT2D eigenvalue weighted by Crippen LogP contribution is -2.38. The zero-order valence-electron chi connectivity index (χ0n) is 18.0. The van der Waals surface area contributed by atoms with E-state index in [4.69, 9.17) is 9.72 Å². The predicted octanol–water partition coefficient (Wildman–Crippen LogP) is 4.03. The number of anilines is 1. The second-order valence-corrected chi connectivity index (χ2v) is 8.43. The summed E-state index contributed by atoms with van der Waals surface area (Å²) in [5, 5.41) is 3.35. The molecule has 3 rings (SSSR count). The number of rotatable bonds is 5. The summed E-state index contributed by atoms with van der Waals surface area (Å²) in [5.41, 5.74) is 4.40. The molecule has 1 aromatic heterocycles. The molecule has 0 radical (unpaired) electrons. The zero-order chi connectivity index (χ0) is 20.9. The van der Waals surface area contributed by atoms with Crippen molar-refractivity contribution in [3.8, 4) is 0 Å². The Balaban J connectivity index is 1.57. The maximum Gasteiger partial charge on any atom is 0.410 e. The largest absolute Gasteiger partial charge is 0.444 e. The fourth-order valence-electron chi connectivity index (χ4n) is 3.52. The number of carbonyl (C=O) groups is 1. The highest BCUT2D eigenvalue weighted by Crippen LogP contribution is 2.18. The van der Waals surface area contributed by atoms with Crippen LogP contribution >= 0.6 is 0 Å². The Labute approximate surface area is 173 Å². The normalized spacial score (nSPS) is 14.1. The average molecular weight is 397 g/mol. The van der Waals surface area contributed by atoms with Gasteiger partial charge in [-0.2, -0.15) is 0 Å². The summed E-state index contributed by atoms with van der Waals surface area (Å²) in [5.74, 6) is 0.656. The van der Waals surface area contributed by atoms with Gasteiger partial charge in [0, 0.05) is 32.3 Å². The maximum atomic E-state index is 12.4. The minimum absolute atomic E-state index is 0.258. The molecule has 2 aromatic rings. The molecule has 1 aliphatic rings. The molecule has 6 nitrogen and oxygen atoms in total. The Kier molecular flexibility index (Phi) is 6.72. The molecule has 1 N–H and O–H groups in total. The third-order valence-electron chi connectivity index (χ3n) is 5.05. The van der Waals surface area contributed by atoms with Crippen molar-refractivity contribution in [3.63, 3.8) is 0 Å². The third kappa shape index (κ3) is 5.92. The van der Waals surface area contributed by atoms with Crippen LogP contribution in [0.4, 0.5) is 10.7 Å². The van der Waals surface area contributed by atoms with Crippen LogP contribution in [-0.2, 0) is 30.4 Å². The summed E-state index contributed by atoms with van der Waals surface area (Å²) < 4.78 is 5.51. The van der Waals surface area contributed by atoms with E-state index in [9.17, 15) is 4.79 Å². The first-order chi connectivity index (χ1) is 13.9. The van der Waals surface area contributed by atoms with E-state index in [-0.39, 0.29) is 6.09 Å². The van der Waals surface area contributed by atoms with Crippen molar-refractivity contribution in [2.75, 3.05) is 25.0 Å². The first kappa shape index (κ1) is 21.1. The quantitative estimate of drug-likeness (QED) is 0.826. The molecule has 156 valence electrons. The highest BCUT2D eigenvalue weighted by molar-refractivity contribution is 5.68. The van der Waals surface area contributed by atoms with Crippen molar-refractivity contribution in [1.29, 1.82) is 0 Å². The fraction of sp³-hybridized carbons (Fsp3) is 0.522. The highest BCUT2D eigenvalue weighted by atomic mass is 16.6. The predicted molar refractivity (Wildman–Crippen MR) is 115 cm³/mol. The smallest absolute Gasteiger partial charge is 0.410 e. The molecule has 1 amide bonds. The molecular weight excluding hydrogens is 364 g/mol. The molecule has 0 unspecified atom stereocenters. The molecule has 0 saturated heterocycles. The lowest BCUT2D eigenvalue weighted by Gasteiger charge is -2.26. The molecule has 0 fully saturated rings. The van der Waals surface area contributed by atoms with E-state index in [2.05, 4.69) is 41.5 Å². The van der Waals surface area contributed by atoms with E-state index in [1.54, 1.807) is 4.90 Å². The van der Waals surface area contributed by atoms with E-state index >= 15 is 0 Å². The van der Waals surface area contributed by atoms with Gasteiger partial charge in [0.1, 0.15) is 5.60 Å². The van der Waals surface area contributed by atoms with Crippen LogP contribution in [-0.4, -0.2) is 46.2 Å². The Morgan fingerprint density at radius 2 is 1.90 bits per heavy atom. The SMILES string of the molecule is CCc1ccccc1CCNc1ncc2c(n1)CCN(C(=O)OC(C)(C)C)CC2. The summed E-state index contributed by atoms with van der Waals surface area (Å²) in [6, 6.07) is 8.55. The lowest BCUT2D eigenvalue weighted by atomic mass is 10.0. The van der Waals surface area contributed by atoms with Gasteiger partial charge in [-0.15, -0.1) is 0 Å². The second kappa shape index (κ2) is 9.25. The standard InChI is InChI=1S/C23H32N4O2/c1-5-17-8-6-7-9-18(17)10-13-24-21-25-16-19-11-14-27(15-12-20(19)26-21)22(28)29-23(2,3)4/h6-9,16H,5,10-15H2,1-4H3,(H,24,25,26). The number of aryl methyl sites for hydroxylation is 1. The molecular formula is C23H32N4O2. The number of hydrogen-bond acceptors (Lipinski definition) is 5. The van der Waals surface area contributed by atoms with Gasteiger partial charge in [-0.25, -0.2) is 14.8 Å². The van der Waals surface area contributed by atoms with Crippen LogP contribution in [0.25, 0.3) is 0 Å². The second-order valence-electron chi connectivity index (χ2n) is 8.43. The van der Waals surface area contributed by atoms with E-state index in [1.165, 1.54) is 11.1 Å². The van der Waals surface area contributed by atoms with E-state index < -0.39 is 5.60 Å². The van der Waals surface area contributed by atoms with E-state index in [0.717, 1.165) is 37.1 Å². The molecule has 6 heteroatoms. The molecule has 1 aliphatic heterocycles. The number of hydrogen-bond donors (Lipinski definition) is 1. The molecule has 0 spiro atoms. The number of nitrogens with zero attached hydrogens (tertiary/aromatic N) is 3. The van der Waals surface area contributed by atoms with Gasteiger partial charge >= 0.3 is 6.09 Å². The first-order valence-corrected chi connectivity index (χ1v) is 10.5. The summed E-state index contributed by atoms with van der Waals surface area (Å²) >= 11 is 0. The highest BCUT2D eigenvalue weighted by Gasteiger charge is 2.24. The first-order valence-electron chi connectivity index (χ1n) is 10.5. The minimum atomic E-state index is -0.483. The molecule has 29 heavy (non-hydrogen) atoms. The minimum Gasteiger partial charge on any atom is -0.444 e. The monoisotopic (exact) mass is 396 g/mol. The summed E-state index contributed by atoms with van der Waals surface area (Å²) in [6.07, 6.45) is 5.08. The number of carbonyl (C=O) groups excluding carboxylic acids is 1. The van der Waals surface area contributed by atoms with Crippen molar-refractivity contribution in [3.05, 3.63) is 52.8 Å².